The molecule has 2 rings (SSSR count). The number of ether oxygens (including phenoxy) is 1. The number of benzene rings is 1. The highest BCUT2D eigenvalue weighted by Gasteiger charge is 2.18. The fourth-order valence-electron chi connectivity index (χ4n) is 2.06. The Morgan fingerprint density at radius 1 is 1.47 bits per heavy atom. The highest BCUT2D eigenvalue weighted by atomic mass is 35.5. The molecule has 1 heterocycles. The first-order valence-corrected chi connectivity index (χ1v) is 6.32. The third-order valence-electron chi connectivity index (χ3n) is 3.07. The minimum absolute atomic E-state index is 0.151. The number of hydrogen-bond donors (Lipinski definition) is 1. The zero-order valence-corrected chi connectivity index (χ0v) is 11.6. The number of aromatic nitrogens is 1. The van der Waals surface area contributed by atoms with E-state index < -0.39 is 0 Å². The van der Waals surface area contributed by atoms with Gasteiger partial charge in [0.15, 0.2) is 0 Å². The van der Waals surface area contributed by atoms with Gasteiger partial charge in [0.1, 0.15) is 0 Å². The maximum absolute atomic E-state index is 11.4. The molecule has 4 nitrogen and oxygen atoms in total. The highest BCUT2D eigenvalue weighted by molar-refractivity contribution is 6.35. The van der Waals surface area contributed by atoms with Crippen molar-refractivity contribution in [3.63, 3.8) is 0 Å². The minimum Gasteiger partial charge on any atom is -0.469 e. The number of carbonyl (C=O) groups excluding carboxylic acids is 1. The average Bonchev–Trinajstić information content (AvgIpc) is 2.45. The molecule has 1 unspecified atom stereocenters. The van der Waals surface area contributed by atoms with E-state index in [-0.39, 0.29) is 18.4 Å². The van der Waals surface area contributed by atoms with Crippen molar-refractivity contribution in [2.45, 2.75) is 12.5 Å². The molecule has 0 fully saturated rings. The summed E-state index contributed by atoms with van der Waals surface area (Å²) in [6.07, 6.45) is 1.97. The van der Waals surface area contributed by atoms with Crippen LogP contribution in [0.5, 0.6) is 0 Å². The smallest absolute Gasteiger partial charge is 0.307 e. The van der Waals surface area contributed by atoms with E-state index in [1.165, 1.54) is 7.11 Å². The second-order valence-electron chi connectivity index (χ2n) is 4.16. The molecule has 0 aliphatic carbocycles. The molecule has 0 bridgehead atoms. The van der Waals surface area contributed by atoms with E-state index in [2.05, 4.69) is 10.3 Å². The van der Waals surface area contributed by atoms with Crippen molar-refractivity contribution < 1.29 is 9.53 Å². The summed E-state index contributed by atoms with van der Waals surface area (Å²) >= 11 is 6.16. The predicted octanol–water partition coefficient (Wildman–Crippen LogP) is 2.71. The number of rotatable bonds is 4. The van der Waals surface area contributed by atoms with E-state index >= 15 is 0 Å². The topological polar surface area (TPSA) is 51.2 Å². The molecule has 2 aromatic rings. The first-order valence-electron chi connectivity index (χ1n) is 5.94. The molecule has 1 N–H and O–H groups in total. The molecule has 0 radical (unpaired) electrons. The van der Waals surface area contributed by atoms with Gasteiger partial charge in [0, 0.05) is 22.6 Å². The van der Waals surface area contributed by atoms with Gasteiger partial charge >= 0.3 is 5.97 Å². The normalized spacial score (nSPS) is 12.4. The lowest BCUT2D eigenvalue weighted by Gasteiger charge is -2.17. The second-order valence-corrected chi connectivity index (χ2v) is 4.56. The zero-order chi connectivity index (χ0) is 13.8. The van der Waals surface area contributed by atoms with Gasteiger partial charge in [-0.3, -0.25) is 9.78 Å². The summed E-state index contributed by atoms with van der Waals surface area (Å²) in [5.41, 5.74) is 1.74. The van der Waals surface area contributed by atoms with Crippen LogP contribution in [0.2, 0.25) is 5.02 Å². The van der Waals surface area contributed by atoms with Crippen LogP contribution in [0.15, 0.2) is 30.5 Å². The fraction of sp³-hybridized carbons (Fsp3) is 0.286. The molecule has 0 aliphatic rings. The number of methoxy groups -OCH3 is 1. The number of hydrogen-bond acceptors (Lipinski definition) is 4. The number of pyridine rings is 1. The van der Waals surface area contributed by atoms with E-state index in [4.69, 9.17) is 16.3 Å². The Bertz CT molecular complexity index is 601. The summed E-state index contributed by atoms with van der Waals surface area (Å²) in [5.74, 6) is -0.265. The van der Waals surface area contributed by atoms with Crippen LogP contribution in [0, 0.1) is 0 Å². The molecule has 0 saturated carbocycles. The van der Waals surface area contributed by atoms with Crippen LogP contribution in [-0.4, -0.2) is 25.1 Å². The van der Waals surface area contributed by atoms with Crippen molar-refractivity contribution in [3.8, 4) is 0 Å². The molecule has 1 aromatic heterocycles. The van der Waals surface area contributed by atoms with Crippen molar-refractivity contribution in [1.29, 1.82) is 0 Å². The van der Waals surface area contributed by atoms with Gasteiger partial charge in [-0.1, -0.05) is 17.7 Å². The number of esters is 1. The number of carbonyl (C=O) groups is 1. The molecule has 0 saturated heterocycles. The van der Waals surface area contributed by atoms with Crippen molar-refractivity contribution in [1.82, 2.24) is 10.3 Å². The minimum atomic E-state index is -0.265. The Labute approximate surface area is 116 Å². The zero-order valence-electron chi connectivity index (χ0n) is 10.8. The number of nitrogens with one attached hydrogen (secondary N) is 1. The Morgan fingerprint density at radius 3 is 2.95 bits per heavy atom. The van der Waals surface area contributed by atoms with E-state index in [9.17, 15) is 4.79 Å². The number of halogens is 1. The van der Waals surface area contributed by atoms with Gasteiger partial charge < -0.3 is 10.1 Å². The lowest BCUT2D eigenvalue weighted by molar-refractivity contribution is -0.141. The largest absolute Gasteiger partial charge is 0.469 e. The lowest BCUT2D eigenvalue weighted by atomic mass is 10.0. The SMILES string of the molecule is CNC(CC(=O)OC)c1ccc(Cl)c2cccnc12. The summed E-state index contributed by atoms with van der Waals surface area (Å²) in [6, 6.07) is 7.32. The standard InChI is InChI=1S/C14H15ClN2O2/c1-16-12(8-13(18)19-2)10-5-6-11(15)9-4-3-7-17-14(9)10/h3-7,12,16H,8H2,1-2H3. The maximum atomic E-state index is 11.4. The molecule has 19 heavy (non-hydrogen) atoms. The maximum Gasteiger partial charge on any atom is 0.307 e. The van der Waals surface area contributed by atoms with Crippen LogP contribution in [0.25, 0.3) is 10.9 Å². The molecule has 100 valence electrons. The lowest BCUT2D eigenvalue weighted by Crippen LogP contribution is -2.21. The molecule has 0 aliphatic heterocycles. The molecule has 0 amide bonds. The molecule has 5 heteroatoms. The summed E-state index contributed by atoms with van der Waals surface area (Å²) in [4.78, 5) is 15.8. The Morgan fingerprint density at radius 2 is 2.26 bits per heavy atom. The summed E-state index contributed by atoms with van der Waals surface area (Å²) in [6.45, 7) is 0. The van der Waals surface area contributed by atoms with Crippen molar-refractivity contribution >= 4 is 28.5 Å². The predicted molar refractivity (Wildman–Crippen MR) is 75.2 cm³/mol. The summed E-state index contributed by atoms with van der Waals surface area (Å²) in [7, 11) is 3.18. The molecule has 1 aromatic carbocycles. The summed E-state index contributed by atoms with van der Waals surface area (Å²) < 4.78 is 4.71. The quantitative estimate of drug-likeness (QED) is 0.874. The van der Waals surface area contributed by atoms with Crippen molar-refractivity contribution in [2.75, 3.05) is 14.2 Å². The van der Waals surface area contributed by atoms with Crippen LogP contribution in [-0.2, 0) is 9.53 Å². The monoisotopic (exact) mass is 278 g/mol. The van der Waals surface area contributed by atoms with E-state index in [0.29, 0.717) is 5.02 Å². The number of fused-ring (bicyclic) bond motifs is 1. The van der Waals surface area contributed by atoms with Gasteiger partial charge in [-0.25, -0.2) is 0 Å². The van der Waals surface area contributed by atoms with Crippen LogP contribution < -0.4 is 5.32 Å². The van der Waals surface area contributed by atoms with Crippen molar-refractivity contribution in [3.05, 3.63) is 41.0 Å². The Balaban J connectivity index is 2.49. The first kappa shape index (κ1) is 13.8. The van der Waals surface area contributed by atoms with Gasteiger partial charge in [0.05, 0.1) is 19.0 Å². The van der Waals surface area contributed by atoms with Gasteiger partial charge in [0.25, 0.3) is 0 Å². The van der Waals surface area contributed by atoms with Gasteiger partial charge in [-0.15, -0.1) is 0 Å². The molecular formula is C14H15ClN2O2. The summed E-state index contributed by atoms with van der Waals surface area (Å²) in [5, 5.41) is 4.65. The third-order valence-corrected chi connectivity index (χ3v) is 3.40. The Kier molecular flexibility index (Phi) is 4.35. The molecule has 1 atom stereocenters. The van der Waals surface area contributed by atoms with Crippen LogP contribution in [0.3, 0.4) is 0 Å². The number of nitrogens with zero attached hydrogens (tertiary/aromatic N) is 1. The van der Waals surface area contributed by atoms with Gasteiger partial charge in [0.2, 0.25) is 0 Å². The van der Waals surface area contributed by atoms with E-state index in [1.54, 1.807) is 13.2 Å². The fourth-order valence-corrected chi connectivity index (χ4v) is 2.27. The molecule has 0 spiro atoms. The van der Waals surface area contributed by atoms with Gasteiger partial charge in [-0.2, -0.15) is 0 Å². The van der Waals surface area contributed by atoms with Crippen LogP contribution >= 0.6 is 11.6 Å². The average molecular weight is 279 g/mol. The van der Waals surface area contributed by atoms with E-state index in [1.807, 2.05) is 24.3 Å². The van der Waals surface area contributed by atoms with Crippen LogP contribution in [0.4, 0.5) is 0 Å². The van der Waals surface area contributed by atoms with E-state index in [0.717, 1.165) is 16.5 Å². The Hall–Kier alpha value is -1.65. The third kappa shape index (κ3) is 2.85. The van der Waals surface area contributed by atoms with Crippen molar-refractivity contribution in [2.24, 2.45) is 0 Å². The highest BCUT2D eigenvalue weighted by Crippen LogP contribution is 2.29. The second kappa shape index (κ2) is 5.99. The first-order chi connectivity index (χ1) is 9.17. The molecular weight excluding hydrogens is 264 g/mol. The van der Waals surface area contributed by atoms with Crippen LogP contribution in [0.1, 0.15) is 18.0 Å². The van der Waals surface area contributed by atoms with Gasteiger partial charge in [-0.05, 0) is 30.8 Å².